The van der Waals surface area contributed by atoms with Gasteiger partial charge in [-0.15, -0.1) is 11.8 Å². The third kappa shape index (κ3) is 3.43. The largest absolute Gasteiger partial charge is 0.457 e. The number of amides is 1. The van der Waals surface area contributed by atoms with Gasteiger partial charge in [-0.25, -0.2) is 0 Å². The SMILES string of the molecule is Cc1nc(CSCC(=O)NC2c3ccccc3Oc3ccccc32)no1. The predicted molar refractivity (Wildman–Crippen MR) is 98.1 cm³/mol. The van der Waals surface area contributed by atoms with E-state index in [0.29, 0.717) is 23.2 Å². The van der Waals surface area contributed by atoms with Gasteiger partial charge in [0.05, 0.1) is 17.5 Å². The van der Waals surface area contributed by atoms with Crippen LogP contribution in [0.2, 0.25) is 0 Å². The van der Waals surface area contributed by atoms with Crippen LogP contribution in [0.15, 0.2) is 53.1 Å². The van der Waals surface area contributed by atoms with E-state index in [2.05, 4.69) is 15.5 Å². The van der Waals surface area contributed by atoms with Crippen molar-refractivity contribution >= 4 is 17.7 Å². The summed E-state index contributed by atoms with van der Waals surface area (Å²) in [6.07, 6.45) is 0. The molecule has 2 aromatic carbocycles. The van der Waals surface area contributed by atoms with E-state index in [0.717, 1.165) is 22.6 Å². The zero-order chi connectivity index (χ0) is 17.9. The first kappa shape index (κ1) is 16.7. The van der Waals surface area contributed by atoms with Crippen molar-refractivity contribution in [3.63, 3.8) is 0 Å². The first-order chi connectivity index (χ1) is 12.7. The number of aryl methyl sites for hydroxylation is 1. The maximum absolute atomic E-state index is 12.5. The molecule has 2 heterocycles. The number of hydrogen-bond acceptors (Lipinski definition) is 6. The zero-order valence-electron chi connectivity index (χ0n) is 14.1. The molecule has 3 aromatic rings. The molecule has 0 aliphatic carbocycles. The summed E-state index contributed by atoms with van der Waals surface area (Å²) in [6.45, 7) is 1.74. The van der Waals surface area contributed by atoms with Gasteiger partial charge >= 0.3 is 0 Å². The van der Waals surface area contributed by atoms with Crippen LogP contribution in [0.4, 0.5) is 0 Å². The van der Waals surface area contributed by atoms with E-state index in [1.165, 1.54) is 11.8 Å². The maximum atomic E-state index is 12.5. The van der Waals surface area contributed by atoms with Crippen LogP contribution in [0.3, 0.4) is 0 Å². The first-order valence-corrected chi connectivity index (χ1v) is 9.38. The molecular weight excluding hydrogens is 350 g/mol. The fourth-order valence-electron chi connectivity index (χ4n) is 2.90. The number of hydrogen-bond donors (Lipinski definition) is 1. The second kappa shape index (κ2) is 7.21. The Morgan fingerprint density at radius 1 is 1.12 bits per heavy atom. The number of carbonyl (C=O) groups is 1. The van der Waals surface area contributed by atoms with E-state index in [4.69, 9.17) is 9.26 Å². The summed E-state index contributed by atoms with van der Waals surface area (Å²) < 4.78 is 10.9. The van der Waals surface area contributed by atoms with Crippen molar-refractivity contribution in [3.05, 3.63) is 71.4 Å². The number of para-hydroxylation sites is 2. The summed E-state index contributed by atoms with van der Waals surface area (Å²) in [5.74, 6) is 3.47. The summed E-state index contributed by atoms with van der Waals surface area (Å²) in [5.41, 5.74) is 1.91. The molecule has 26 heavy (non-hydrogen) atoms. The van der Waals surface area contributed by atoms with Gasteiger partial charge in [0.25, 0.3) is 0 Å². The molecule has 1 N–H and O–H groups in total. The van der Waals surface area contributed by atoms with E-state index in [1.54, 1.807) is 6.92 Å². The molecule has 0 radical (unpaired) electrons. The minimum atomic E-state index is -0.225. The van der Waals surface area contributed by atoms with Crippen molar-refractivity contribution in [2.75, 3.05) is 5.75 Å². The molecule has 1 amide bonds. The Balaban J connectivity index is 1.46. The molecular formula is C19H17N3O3S. The quantitative estimate of drug-likeness (QED) is 0.742. The van der Waals surface area contributed by atoms with Crippen LogP contribution in [0, 0.1) is 6.92 Å². The van der Waals surface area contributed by atoms with Gasteiger partial charge in [-0.1, -0.05) is 41.6 Å². The van der Waals surface area contributed by atoms with Gasteiger partial charge in [-0.3, -0.25) is 4.79 Å². The monoisotopic (exact) mass is 367 g/mol. The topological polar surface area (TPSA) is 77.2 Å². The lowest BCUT2D eigenvalue weighted by atomic mass is 9.94. The van der Waals surface area contributed by atoms with E-state index in [1.807, 2.05) is 48.5 Å². The van der Waals surface area contributed by atoms with Crippen molar-refractivity contribution in [1.29, 1.82) is 0 Å². The molecule has 0 bridgehead atoms. The number of aromatic nitrogens is 2. The molecule has 4 rings (SSSR count). The zero-order valence-corrected chi connectivity index (χ0v) is 15.0. The lowest BCUT2D eigenvalue weighted by molar-refractivity contribution is -0.119. The number of nitrogens with one attached hydrogen (secondary N) is 1. The highest BCUT2D eigenvalue weighted by Gasteiger charge is 2.27. The molecule has 0 spiro atoms. The van der Waals surface area contributed by atoms with Crippen LogP contribution in [-0.2, 0) is 10.5 Å². The Morgan fingerprint density at radius 3 is 2.38 bits per heavy atom. The van der Waals surface area contributed by atoms with Gasteiger partial charge < -0.3 is 14.6 Å². The number of benzene rings is 2. The molecule has 0 fully saturated rings. The van der Waals surface area contributed by atoms with Crippen LogP contribution in [-0.4, -0.2) is 21.8 Å². The number of rotatable bonds is 5. The fourth-order valence-corrected chi connectivity index (χ4v) is 3.57. The molecule has 132 valence electrons. The van der Waals surface area contributed by atoms with E-state index in [-0.39, 0.29) is 11.9 Å². The number of nitrogens with zero attached hydrogens (tertiary/aromatic N) is 2. The van der Waals surface area contributed by atoms with Gasteiger partial charge in [-0.2, -0.15) is 4.98 Å². The molecule has 6 nitrogen and oxygen atoms in total. The molecule has 1 aromatic heterocycles. The fraction of sp³-hybridized carbons (Fsp3) is 0.211. The minimum Gasteiger partial charge on any atom is -0.457 e. The van der Waals surface area contributed by atoms with Gasteiger partial charge in [-0.05, 0) is 12.1 Å². The number of thioether (sulfide) groups is 1. The average Bonchev–Trinajstić information content (AvgIpc) is 3.06. The summed E-state index contributed by atoms with van der Waals surface area (Å²) in [7, 11) is 0. The first-order valence-electron chi connectivity index (χ1n) is 8.23. The Bertz CT molecular complexity index is 896. The van der Waals surface area contributed by atoms with Crippen molar-refractivity contribution in [1.82, 2.24) is 15.5 Å². The molecule has 1 aliphatic rings. The maximum Gasteiger partial charge on any atom is 0.230 e. The van der Waals surface area contributed by atoms with E-state index in [9.17, 15) is 4.79 Å². The van der Waals surface area contributed by atoms with Crippen molar-refractivity contribution in [3.8, 4) is 11.5 Å². The Labute approximate surface area is 154 Å². The predicted octanol–water partition coefficient (Wildman–Crippen LogP) is 3.62. The second-order valence-electron chi connectivity index (χ2n) is 5.90. The summed E-state index contributed by atoms with van der Waals surface area (Å²) in [4.78, 5) is 16.6. The Kier molecular flexibility index (Phi) is 4.62. The molecule has 7 heteroatoms. The lowest BCUT2D eigenvalue weighted by Gasteiger charge is -2.28. The molecule has 0 atom stereocenters. The second-order valence-corrected chi connectivity index (χ2v) is 6.89. The summed E-state index contributed by atoms with van der Waals surface area (Å²) in [6, 6.07) is 15.3. The van der Waals surface area contributed by atoms with E-state index >= 15 is 0 Å². The minimum absolute atomic E-state index is 0.0493. The molecule has 0 saturated heterocycles. The lowest BCUT2D eigenvalue weighted by Crippen LogP contribution is -2.32. The highest BCUT2D eigenvalue weighted by molar-refractivity contribution is 7.99. The van der Waals surface area contributed by atoms with Gasteiger partial charge in [0.2, 0.25) is 11.8 Å². The van der Waals surface area contributed by atoms with Crippen LogP contribution >= 0.6 is 11.8 Å². The van der Waals surface area contributed by atoms with Gasteiger partial charge in [0.15, 0.2) is 5.82 Å². The van der Waals surface area contributed by atoms with Crippen LogP contribution in [0.1, 0.15) is 28.9 Å². The van der Waals surface area contributed by atoms with Crippen LogP contribution in [0.25, 0.3) is 0 Å². The Morgan fingerprint density at radius 2 is 1.77 bits per heavy atom. The van der Waals surface area contributed by atoms with Gasteiger partial charge in [0, 0.05) is 18.1 Å². The van der Waals surface area contributed by atoms with Crippen LogP contribution in [0.5, 0.6) is 11.5 Å². The molecule has 0 unspecified atom stereocenters. The van der Waals surface area contributed by atoms with E-state index < -0.39 is 0 Å². The number of carbonyl (C=O) groups excluding carboxylic acids is 1. The van der Waals surface area contributed by atoms with Crippen molar-refractivity contribution in [2.24, 2.45) is 0 Å². The Hall–Kier alpha value is -2.80. The number of fused-ring (bicyclic) bond motifs is 2. The summed E-state index contributed by atoms with van der Waals surface area (Å²) >= 11 is 1.45. The van der Waals surface area contributed by atoms with Crippen molar-refractivity contribution in [2.45, 2.75) is 18.7 Å². The average molecular weight is 367 g/mol. The summed E-state index contributed by atoms with van der Waals surface area (Å²) in [5, 5.41) is 6.95. The molecule has 1 aliphatic heterocycles. The standard InChI is InChI=1S/C19H17N3O3S/c1-12-20-17(22-25-12)10-26-11-18(23)21-19-13-6-2-4-8-15(13)24-16-9-5-3-7-14(16)19/h2-9,19H,10-11H2,1H3,(H,21,23). The highest BCUT2D eigenvalue weighted by Crippen LogP contribution is 2.42. The van der Waals surface area contributed by atoms with Gasteiger partial charge in [0.1, 0.15) is 11.5 Å². The number of ether oxygens (including phenoxy) is 1. The smallest absolute Gasteiger partial charge is 0.230 e. The highest BCUT2D eigenvalue weighted by atomic mass is 32.2. The van der Waals surface area contributed by atoms with Crippen molar-refractivity contribution < 1.29 is 14.1 Å². The van der Waals surface area contributed by atoms with Crippen LogP contribution < -0.4 is 10.1 Å². The third-order valence-electron chi connectivity index (χ3n) is 4.02. The third-order valence-corrected chi connectivity index (χ3v) is 4.95. The molecule has 0 saturated carbocycles. The normalized spacial score (nSPS) is 12.8.